The summed E-state index contributed by atoms with van der Waals surface area (Å²) in [6.07, 6.45) is -0.377. The minimum atomic E-state index is -3.88. The van der Waals surface area contributed by atoms with Crippen molar-refractivity contribution in [3.63, 3.8) is 0 Å². The fourth-order valence-electron chi connectivity index (χ4n) is 5.96. The molecule has 0 radical (unpaired) electrons. The highest BCUT2D eigenvalue weighted by molar-refractivity contribution is 7.87. The van der Waals surface area contributed by atoms with Gasteiger partial charge in [0.15, 0.2) is 8.32 Å². The highest BCUT2D eigenvalue weighted by Crippen LogP contribution is 2.48. The van der Waals surface area contributed by atoms with E-state index in [0.29, 0.717) is 5.57 Å². The number of hydrogen-bond acceptors (Lipinski definition) is 10. The lowest BCUT2D eigenvalue weighted by atomic mass is 9.77. The zero-order valence-corrected chi connectivity index (χ0v) is 27.2. The number of esters is 2. The van der Waals surface area contributed by atoms with E-state index < -0.39 is 41.3 Å². The Morgan fingerprint density at radius 1 is 1.16 bits per heavy atom. The first-order chi connectivity index (χ1) is 20.1. The molecule has 0 aromatic heterocycles. The average Bonchev–Trinajstić information content (AvgIpc) is 3.18. The molecule has 0 saturated carbocycles. The number of benzene rings is 1. The normalized spacial score (nSPS) is 21.1. The van der Waals surface area contributed by atoms with Gasteiger partial charge in [0, 0.05) is 37.7 Å². The number of non-ortho nitro benzene ring substituents is 1. The molecule has 2 aliphatic rings. The zero-order chi connectivity index (χ0) is 32.3. The van der Waals surface area contributed by atoms with Gasteiger partial charge in [0.05, 0.1) is 28.6 Å². The molecule has 0 unspecified atom stereocenters. The van der Waals surface area contributed by atoms with Crippen molar-refractivity contribution in [2.75, 3.05) is 26.7 Å². The Kier molecular flexibility index (Phi) is 11.0. The van der Waals surface area contributed by atoms with Crippen molar-refractivity contribution in [1.82, 2.24) is 14.5 Å². The quantitative estimate of drug-likeness (QED) is 0.0718. The molecule has 0 spiro atoms. The molecule has 2 heterocycles. The molecule has 43 heavy (non-hydrogen) atoms. The summed E-state index contributed by atoms with van der Waals surface area (Å²) < 4.78 is 36.6. The van der Waals surface area contributed by atoms with Crippen molar-refractivity contribution < 1.29 is 36.9 Å². The van der Waals surface area contributed by atoms with Crippen LogP contribution in [0.15, 0.2) is 35.5 Å². The lowest BCUT2D eigenvalue weighted by molar-refractivity contribution is -0.384. The maximum absolute atomic E-state index is 13.6. The second-order valence-electron chi connectivity index (χ2n) is 11.1. The summed E-state index contributed by atoms with van der Waals surface area (Å²) in [6.45, 7) is 10.6. The van der Waals surface area contributed by atoms with Crippen molar-refractivity contribution in [1.29, 1.82) is 0 Å². The van der Waals surface area contributed by atoms with Crippen molar-refractivity contribution in [2.24, 2.45) is 17.0 Å². The number of nitro benzene ring substituents is 1. The maximum Gasteiger partial charge on any atom is 0.362 e. The Morgan fingerprint density at radius 2 is 1.74 bits per heavy atom. The molecule has 14 nitrogen and oxygen atoms in total. The van der Waals surface area contributed by atoms with E-state index in [1.807, 2.05) is 13.8 Å². The first-order valence-electron chi connectivity index (χ1n) is 14.3. The topological polar surface area (TPSA) is 191 Å². The van der Waals surface area contributed by atoms with Crippen LogP contribution in [-0.2, 0) is 29.0 Å². The number of hydrogen-bond donors (Lipinski definition) is 2. The van der Waals surface area contributed by atoms with Crippen LogP contribution in [0.3, 0.4) is 0 Å². The van der Waals surface area contributed by atoms with Crippen molar-refractivity contribution >= 4 is 42.1 Å². The van der Waals surface area contributed by atoms with E-state index in [1.165, 1.54) is 17.0 Å². The molecule has 4 atom stereocenters. The van der Waals surface area contributed by atoms with Crippen LogP contribution >= 0.6 is 0 Å². The second kappa shape index (κ2) is 13.7. The van der Waals surface area contributed by atoms with Gasteiger partial charge in [0.1, 0.15) is 5.70 Å². The summed E-state index contributed by atoms with van der Waals surface area (Å²) >= 11 is 0. The van der Waals surface area contributed by atoms with E-state index in [1.54, 1.807) is 11.9 Å². The van der Waals surface area contributed by atoms with E-state index in [0.717, 1.165) is 30.3 Å². The minimum absolute atomic E-state index is 0.0206. The SMILES string of the molecule is CC[Si](CC)(CC)O[C@H](C)[C@H]1C(=O)N2C(C(=O)OC(=O)c3ccc([N+](=O)[O-])cc3)=C(CN(C)CCNS(N)(=O)=O)[C@H](C)[C@H]12. The van der Waals surface area contributed by atoms with Gasteiger partial charge in [-0.2, -0.15) is 8.42 Å². The molecule has 1 saturated heterocycles. The number of nitrogens with two attached hydrogens (primary N) is 1. The van der Waals surface area contributed by atoms with Crippen LogP contribution in [0.1, 0.15) is 45.0 Å². The van der Waals surface area contributed by atoms with Gasteiger partial charge in [-0.1, -0.05) is 27.7 Å². The molecule has 1 aromatic rings. The van der Waals surface area contributed by atoms with Crippen LogP contribution in [0, 0.1) is 22.0 Å². The van der Waals surface area contributed by atoms with Gasteiger partial charge >= 0.3 is 11.9 Å². The van der Waals surface area contributed by atoms with E-state index >= 15 is 0 Å². The van der Waals surface area contributed by atoms with E-state index in [9.17, 15) is 32.9 Å². The van der Waals surface area contributed by atoms with Crippen LogP contribution in [0.4, 0.5) is 5.69 Å². The Hall–Kier alpha value is -3.02. The number of nitrogens with zero attached hydrogens (tertiary/aromatic N) is 3. The third kappa shape index (κ3) is 7.56. The lowest BCUT2D eigenvalue weighted by Crippen LogP contribution is -2.65. The largest absolute Gasteiger partial charge is 0.413 e. The number of β-lactam (4-membered cyclic amide) rings is 1. The van der Waals surface area contributed by atoms with Gasteiger partial charge in [-0.05, 0) is 49.8 Å². The fraction of sp³-hybridized carbons (Fsp3) is 0.593. The highest BCUT2D eigenvalue weighted by Gasteiger charge is 2.61. The van der Waals surface area contributed by atoms with E-state index in [2.05, 4.69) is 25.5 Å². The Balaban J connectivity index is 1.88. The standard InChI is InChI=1S/C27H41N5O9SSi/c1-7-43(8-2,9-3)41-18(5)22-23-17(4)21(16-30(6)15-14-29-42(28,38)39)24(31(23)25(22)33)27(35)40-26(34)19-10-12-20(13-11-19)32(36)37/h10-13,17-18,22-23,29H,7-9,14-16H2,1-6H3,(H2,28,38,39)/t17-,18+,22+,23+/m0/s1. The van der Waals surface area contributed by atoms with Gasteiger partial charge in [0.2, 0.25) is 5.91 Å². The van der Waals surface area contributed by atoms with Gasteiger partial charge in [-0.15, -0.1) is 0 Å². The van der Waals surface area contributed by atoms with Crippen LogP contribution < -0.4 is 9.86 Å². The number of carbonyl (C=O) groups is 3. The average molecular weight is 640 g/mol. The number of nitro groups is 1. The Labute approximate surface area is 253 Å². The maximum atomic E-state index is 13.6. The number of likely N-dealkylation sites (N-methyl/N-ethyl adjacent to an activating group) is 1. The number of fused-ring (bicyclic) bond motifs is 1. The molecule has 3 rings (SSSR count). The summed E-state index contributed by atoms with van der Waals surface area (Å²) in [7, 11) is -4.20. The number of nitrogens with one attached hydrogen (secondary N) is 1. The first kappa shape index (κ1) is 34.5. The summed E-state index contributed by atoms with van der Waals surface area (Å²) in [5.41, 5.74) is 0.245. The monoisotopic (exact) mass is 639 g/mol. The minimum Gasteiger partial charge on any atom is -0.413 e. The molecule has 3 N–H and O–H groups in total. The van der Waals surface area contributed by atoms with Gasteiger partial charge in [-0.3, -0.25) is 14.9 Å². The third-order valence-corrected chi connectivity index (χ3v) is 13.9. The molecule has 0 aliphatic carbocycles. The molecule has 2 aliphatic heterocycles. The predicted molar refractivity (Wildman–Crippen MR) is 160 cm³/mol. The van der Waals surface area contributed by atoms with E-state index in [4.69, 9.17) is 14.3 Å². The van der Waals surface area contributed by atoms with Crippen molar-refractivity contribution in [3.05, 3.63) is 51.2 Å². The molecule has 16 heteroatoms. The summed E-state index contributed by atoms with van der Waals surface area (Å²) in [4.78, 5) is 53.5. The third-order valence-electron chi connectivity index (χ3n) is 8.60. The molecule has 238 valence electrons. The molecule has 0 bridgehead atoms. The molecular weight excluding hydrogens is 598 g/mol. The lowest BCUT2D eigenvalue weighted by Gasteiger charge is -2.49. The Bertz CT molecular complexity index is 1370. The van der Waals surface area contributed by atoms with Crippen LogP contribution in [0.5, 0.6) is 0 Å². The molecule has 1 fully saturated rings. The summed E-state index contributed by atoms with van der Waals surface area (Å²) in [6, 6.07) is 6.98. The van der Waals surface area contributed by atoms with Crippen LogP contribution in [-0.4, -0.2) is 88.1 Å². The zero-order valence-electron chi connectivity index (χ0n) is 25.4. The molecule has 1 aromatic carbocycles. The summed E-state index contributed by atoms with van der Waals surface area (Å²) in [5.74, 6) is -3.10. The Morgan fingerprint density at radius 3 is 2.26 bits per heavy atom. The number of carbonyl (C=O) groups excluding carboxylic acids is 3. The number of ether oxygens (including phenoxy) is 1. The molecular formula is C27H41N5O9SSi. The van der Waals surface area contributed by atoms with Crippen LogP contribution in [0.25, 0.3) is 0 Å². The van der Waals surface area contributed by atoms with Gasteiger partial charge in [-0.25, -0.2) is 19.5 Å². The van der Waals surface area contributed by atoms with Crippen molar-refractivity contribution in [2.45, 2.75) is 64.9 Å². The predicted octanol–water partition coefficient (Wildman–Crippen LogP) is 2.14. The smallest absolute Gasteiger partial charge is 0.362 e. The second-order valence-corrected chi connectivity index (χ2v) is 17.2. The number of rotatable bonds is 15. The fourth-order valence-corrected chi connectivity index (χ4v) is 9.27. The van der Waals surface area contributed by atoms with Gasteiger partial charge < -0.3 is 19.0 Å². The molecule has 1 amide bonds. The summed E-state index contributed by atoms with van der Waals surface area (Å²) in [5, 5.41) is 16.0. The van der Waals surface area contributed by atoms with Crippen LogP contribution in [0.2, 0.25) is 18.1 Å². The van der Waals surface area contributed by atoms with Crippen molar-refractivity contribution in [3.8, 4) is 0 Å². The van der Waals surface area contributed by atoms with Gasteiger partial charge in [0.25, 0.3) is 15.9 Å². The number of amides is 1. The first-order valence-corrected chi connectivity index (χ1v) is 18.4. The van der Waals surface area contributed by atoms with E-state index in [-0.39, 0.29) is 60.6 Å². The highest BCUT2D eigenvalue weighted by atomic mass is 32.2.